The Morgan fingerprint density at radius 1 is 0.650 bits per heavy atom. The predicted molar refractivity (Wildman–Crippen MR) is 246 cm³/mol. The average molecular weight is 972 g/mol. The summed E-state index contributed by atoms with van der Waals surface area (Å²) in [6, 6.07) is 37.1. The molecule has 0 aliphatic heterocycles. The van der Waals surface area contributed by atoms with Gasteiger partial charge in [0.15, 0.2) is 0 Å². The Balaban J connectivity index is 0.00000659. The van der Waals surface area contributed by atoms with Crippen molar-refractivity contribution in [1.82, 2.24) is 14.5 Å². The van der Waals surface area contributed by atoms with Crippen molar-refractivity contribution in [3.63, 3.8) is 0 Å². The van der Waals surface area contributed by atoms with Gasteiger partial charge in [-0.05, 0) is 69.6 Å². The topological polar surface area (TPSA) is 50.9 Å². The van der Waals surface area contributed by atoms with E-state index in [1.165, 1.54) is 0 Å². The molecule has 4 nitrogen and oxygen atoms in total. The van der Waals surface area contributed by atoms with Crippen molar-refractivity contribution in [3.8, 4) is 67.5 Å². The third-order valence-electron chi connectivity index (χ3n) is 10.7. The van der Waals surface area contributed by atoms with Gasteiger partial charge in [0.1, 0.15) is 11.6 Å². The van der Waals surface area contributed by atoms with Crippen LogP contribution in [0.2, 0.25) is 0 Å². The van der Waals surface area contributed by atoms with Crippen LogP contribution in [-0.4, -0.2) is 19.6 Å². The van der Waals surface area contributed by atoms with E-state index in [1.807, 2.05) is 87.5 Å². The number of hydrogen-bond acceptors (Lipinski definition) is 3. The minimum Gasteiger partial charge on any atom is -0.507 e. The molecule has 0 unspecified atom stereocenters. The van der Waals surface area contributed by atoms with Gasteiger partial charge in [0.25, 0.3) is 0 Å². The molecule has 60 heavy (non-hydrogen) atoms. The molecule has 2 heterocycles. The van der Waals surface area contributed by atoms with Gasteiger partial charge in [-0.1, -0.05) is 173 Å². The Hall–Kier alpha value is -6.09. The van der Waals surface area contributed by atoms with Gasteiger partial charge in [0.2, 0.25) is 0 Å². The fraction of sp³-hybridized carbons (Fsp3) is 0.164. The second-order valence-electron chi connectivity index (χ2n) is 16.9. The van der Waals surface area contributed by atoms with Crippen molar-refractivity contribution in [2.24, 2.45) is 0 Å². The normalized spacial score (nSPS) is 14.4. The van der Waals surface area contributed by atoms with E-state index in [0.717, 1.165) is 44.2 Å². The van der Waals surface area contributed by atoms with Crippen LogP contribution >= 0.6 is 0 Å². The quantitative estimate of drug-likeness (QED) is 0.169. The van der Waals surface area contributed by atoms with Crippen LogP contribution in [0.15, 0.2) is 158 Å². The van der Waals surface area contributed by atoms with Crippen LogP contribution in [0.3, 0.4) is 0 Å². The molecule has 5 heteroatoms. The third kappa shape index (κ3) is 7.62. The Morgan fingerprint density at radius 3 is 2.13 bits per heavy atom. The van der Waals surface area contributed by atoms with Crippen molar-refractivity contribution >= 4 is 21.8 Å². The van der Waals surface area contributed by atoms with E-state index < -0.39 is 65.8 Å². The number of hydrogen-bond donors (Lipinski definition) is 1. The molecule has 0 atom stereocenters. The molecule has 0 radical (unpaired) electrons. The summed E-state index contributed by atoms with van der Waals surface area (Å²) in [6.45, 7) is 9.47. The molecule has 9 aromatic rings. The predicted octanol–water partition coefficient (Wildman–Crippen LogP) is 14.3. The summed E-state index contributed by atoms with van der Waals surface area (Å²) in [5.41, 5.74) is 5.40. The minimum absolute atomic E-state index is 0. The number of para-hydroxylation sites is 1. The van der Waals surface area contributed by atoms with E-state index >= 15 is 0 Å². The van der Waals surface area contributed by atoms with E-state index in [4.69, 9.17) is 17.3 Å². The van der Waals surface area contributed by atoms with Gasteiger partial charge < -0.3 is 5.11 Å². The molecule has 1 N–H and O–H groups in total. The summed E-state index contributed by atoms with van der Waals surface area (Å²) in [7, 11) is 0. The van der Waals surface area contributed by atoms with Crippen LogP contribution in [0.5, 0.6) is 5.75 Å². The smallest absolute Gasteiger partial charge is 0.148 e. The molecular weight excluding hydrogens is 914 g/mol. The van der Waals surface area contributed by atoms with E-state index in [9.17, 15) is 6.48 Å². The number of phenolic OH excluding ortho intramolecular Hbond substituents is 1. The number of rotatable bonds is 6. The van der Waals surface area contributed by atoms with Crippen LogP contribution < -0.4 is 0 Å². The van der Waals surface area contributed by atoms with Gasteiger partial charge in [-0.2, -0.15) is 0 Å². The van der Waals surface area contributed by atoms with Gasteiger partial charge >= 0.3 is 0 Å². The summed E-state index contributed by atoms with van der Waals surface area (Å²) >= 11 is 0. The van der Waals surface area contributed by atoms with Gasteiger partial charge in [0.05, 0.1) is 31.9 Å². The van der Waals surface area contributed by atoms with Gasteiger partial charge in [-0.15, -0.1) is 29.3 Å². The maximum absolute atomic E-state index is 11.8. The third-order valence-corrected chi connectivity index (χ3v) is 10.7. The fourth-order valence-electron chi connectivity index (χ4n) is 7.53. The molecule has 0 spiro atoms. The van der Waals surface area contributed by atoms with Crippen molar-refractivity contribution in [3.05, 3.63) is 180 Å². The van der Waals surface area contributed by atoms with Crippen LogP contribution in [0.25, 0.3) is 83.5 Å². The minimum atomic E-state index is -2.97. The summed E-state index contributed by atoms with van der Waals surface area (Å²) in [5, 5.41) is 13.8. The Bertz CT molecular complexity index is 3530. The first kappa shape index (κ1) is 30.0. The fourth-order valence-corrected chi connectivity index (χ4v) is 7.53. The molecule has 0 saturated carbocycles. The molecule has 300 valence electrons. The van der Waals surface area contributed by atoms with Crippen molar-refractivity contribution in [1.29, 1.82) is 0 Å². The Morgan fingerprint density at radius 2 is 1.38 bits per heavy atom. The standard InChI is InChI=1S/C55H48N3O.Pt/c1-35-20-22-36(23-21-35)39-28-29-56-48(33-39)41-30-40(31-43(32-41)55(5,6)7)44-18-13-19-49-51(44)57-53(47-34-42(54(2,3)4)25-27-50(47)59)58(49)52-45-17-12-11-16-38(45)24-26-46(52)37-14-9-8-10-15-37;/h8-29,31-34,59H,1-7H3;/q-1;/i1D3,20D,21D,22D,23D,28D,29D,33D;. The number of phenols is 1. The first-order chi connectivity index (χ1) is 32.5. The first-order valence-electron chi connectivity index (χ1n) is 24.6. The zero-order valence-corrected chi connectivity index (χ0v) is 36.3. The van der Waals surface area contributed by atoms with Crippen LogP contribution in [0, 0.1) is 12.9 Å². The van der Waals surface area contributed by atoms with Gasteiger partial charge in [0, 0.05) is 48.0 Å². The van der Waals surface area contributed by atoms with Crippen molar-refractivity contribution in [2.75, 3.05) is 0 Å². The first-order valence-corrected chi connectivity index (χ1v) is 19.6. The molecule has 0 fully saturated rings. The second-order valence-corrected chi connectivity index (χ2v) is 16.9. The average Bonchev–Trinajstić information content (AvgIpc) is 3.68. The van der Waals surface area contributed by atoms with Crippen LogP contribution in [0.4, 0.5) is 0 Å². The SMILES string of the molecule is [2H]c1nc(-c2[c-]c(-c3cccc4c3nc(-c3cc(C(C)(C)C)ccc3O)n4-c3c(-c4ccccc4)ccc4ccccc34)cc(C(C)(C)C)c2)c([2H])c(-c2c([2H])c([2H])c(C([2H])([2H])[2H])c([2H])c2[2H])c1[2H].[Pt]. The summed E-state index contributed by atoms with van der Waals surface area (Å²) in [5.74, 6) is 0.547. The van der Waals surface area contributed by atoms with Gasteiger partial charge in [-0.25, -0.2) is 4.98 Å². The second kappa shape index (κ2) is 15.8. The summed E-state index contributed by atoms with van der Waals surface area (Å²) < 4.78 is 88.0. The van der Waals surface area contributed by atoms with Crippen molar-refractivity contribution in [2.45, 2.75) is 59.2 Å². The molecule has 9 rings (SSSR count). The van der Waals surface area contributed by atoms with Crippen LogP contribution in [0.1, 0.15) is 71.9 Å². The zero-order chi connectivity index (χ0) is 49.6. The Kier molecular flexibility index (Phi) is 7.92. The maximum atomic E-state index is 11.8. The van der Waals surface area contributed by atoms with E-state index in [1.54, 1.807) is 12.1 Å². The number of pyridine rings is 1. The van der Waals surface area contributed by atoms with Crippen LogP contribution in [-0.2, 0) is 31.9 Å². The number of imidazole rings is 1. The molecule has 0 aliphatic carbocycles. The number of aromatic hydroxyl groups is 1. The molecular formula is C55H48N3OPt-. The number of benzene rings is 7. The summed E-state index contributed by atoms with van der Waals surface area (Å²) in [6.07, 6.45) is -0.587. The number of fused-ring (bicyclic) bond motifs is 2. The molecule has 0 amide bonds. The van der Waals surface area contributed by atoms with E-state index in [2.05, 4.69) is 72.8 Å². The largest absolute Gasteiger partial charge is 0.507 e. The monoisotopic (exact) mass is 971 g/mol. The molecule has 7 aromatic carbocycles. The molecule has 0 saturated heterocycles. The Labute approximate surface area is 382 Å². The van der Waals surface area contributed by atoms with E-state index in [0.29, 0.717) is 28.0 Å². The number of nitrogens with zero attached hydrogens (tertiary/aromatic N) is 3. The maximum Gasteiger partial charge on any atom is 0.148 e. The molecule has 0 aliphatic rings. The zero-order valence-electron chi connectivity index (χ0n) is 44.1. The van der Waals surface area contributed by atoms with Crippen molar-refractivity contribution < 1.29 is 39.9 Å². The van der Waals surface area contributed by atoms with E-state index in [-0.39, 0.29) is 49.1 Å². The molecule has 2 aromatic heterocycles. The summed E-state index contributed by atoms with van der Waals surface area (Å²) in [4.78, 5) is 9.89. The molecule has 0 bridgehead atoms. The van der Waals surface area contributed by atoms with Gasteiger partial charge in [-0.3, -0.25) is 9.55 Å². The number of aromatic nitrogens is 3.